The Morgan fingerprint density at radius 1 is 1.03 bits per heavy atom. The zero-order chi connectivity index (χ0) is 20.2. The molecule has 0 aliphatic carbocycles. The molecule has 1 amide bonds. The van der Waals surface area contributed by atoms with Gasteiger partial charge in [0.1, 0.15) is 29.4 Å². The topological polar surface area (TPSA) is 65.4 Å². The minimum absolute atomic E-state index is 0.154. The van der Waals surface area contributed by atoms with E-state index in [0.29, 0.717) is 35.7 Å². The zero-order valence-electron chi connectivity index (χ0n) is 15.5. The quantitative estimate of drug-likeness (QED) is 0.689. The van der Waals surface area contributed by atoms with Gasteiger partial charge in [0.05, 0.1) is 11.3 Å². The van der Waals surface area contributed by atoms with Crippen molar-refractivity contribution in [2.45, 2.75) is 12.5 Å². The van der Waals surface area contributed by atoms with Gasteiger partial charge in [-0.2, -0.15) is 5.26 Å². The summed E-state index contributed by atoms with van der Waals surface area (Å²) in [5, 5.41) is 12.3. The second kappa shape index (κ2) is 8.03. The lowest BCUT2D eigenvalue weighted by atomic mass is 10.2. The summed E-state index contributed by atoms with van der Waals surface area (Å²) in [4.78, 5) is 14.2. The molecule has 4 rings (SSSR count). The van der Waals surface area contributed by atoms with Crippen LogP contribution in [0.4, 0.5) is 15.8 Å². The highest BCUT2D eigenvalue weighted by Crippen LogP contribution is 2.28. The van der Waals surface area contributed by atoms with Gasteiger partial charge in [-0.1, -0.05) is 24.3 Å². The van der Waals surface area contributed by atoms with Crippen LogP contribution < -0.4 is 15.0 Å². The molecule has 6 heteroatoms. The van der Waals surface area contributed by atoms with Gasteiger partial charge in [0.25, 0.3) is 0 Å². The smallest absolute Gasteiger partial charge is 0.249 e. The molecule has 5 nitrogen and oxygen atoms in total. The van der Waals surface area contributed by atoms with E-state index in [2.05, 4.69) is 11.4 Å². The minimum Gasteiger partial charge on any atom is -0.456 e. The summed E-state index contributed by atoms with van der Waals surface area (Å²) in [7, 11) is 0. The highest BCUT2D eigenvalue weighted by molar-refractivity contribution is 6.01. The fraction of sp³-hybridized carbons (Fsp3) is 0.130. The van der Waals surface area contributed by atoms with E-state index in [4.69, 9.17) is 10.00 Å². The maximum atomic E-state index is 14.0. The Morgan fingerprint density at radius 2 is 1.76 bits per heavy atom. The lowest BCUT2D eigenvalue weighted by Crippen LogP contribution is -2.33. The number of halogens is 1. The van der Waals surface area contributed by atoms with E-state index in [1.165, 1.54) is 11.0 Å². The molecule has 0 saturated carbocycles. The number of para-hydroxylation sites is 2. The Balaban J connectivity index is 1.42. The van der Waals surface area contributed by atoms with Crippen molar-refractivity contribution in [3.63, 3.8) is 0 Å². The van der Waals surface area contributed by atoms with Crippen molar-refractivity contribution < 1.29 is 13.9 Å². The van der Waals surface area contributed by atoms with Gasteiger partial charge in [-0.15, -0.1) is 0 Å². The van der Waals surface area contributed by atoms with Gasteiger partial charge < -0.3 is 15.0 Å². The van der Waals surface area contributed by atoms with Crippen molar-refractivity contribution >= 4 is 17.3 Å². The van der Waals surface area contributed by atoms with Gasteiger partial charge in [0.2, 0.25) is 5.91 Å². The molecule has 3 aromatic rings. The first-order chi connectivity index (χ1) is 14.2. The number of rotatable bonds is 5. The monoisotopic (exact) mass is 387 g/mol. The molecule has 3 aromatic carbocycles. The third kappa shape index (κ3) is 3.90. The van der Waals surface area contributed by atoms with E-state index >= 15 is 0 Å². The molecule has 0 spiro atoms. The summed E-state index contributed by atoms with van der Waals surface area (Å²) in [6.07, 6.45) is 0.584. The fourth-order valence-corrected chi connectivity index (χ4v) is 3.32. The first-order valence-electron chi connectivity index (χ1n) is 9.25. The minimum atomic E-state index is -0.416. The van der Waals surface area contributed by atoms with Crippen LogP contribution in [0.3, 0.4) is 0 Å². The molecular formula is C23H18FN3O2. The Morgan fingerprint density at radius 3 is 2.52 bits per heavy atom. The van der Waals surface area contributed by atoms with Gasteiger partial charge in [0.15, 0.2) is 0 Å². The van der Waals surface area contributed by atoms with E-state index in [9.17, 15) is 9.18 Å². The molecule has 29 heavy (non-hydrogen) atoms. The standard InChI is InChI=1S/C23H18FN3O2/c24-19-6-2-3-7-21(19)27-14-13-20(23(27)28)26-17-9-11-18(12-10-17)29-22-8-4-1-5-16(22)15-25/h1-12,20,26H,13-14H2. The largest absolute Gasteiger partial charge is 0.456 e. The van der Waals surface area contributed by atoms with Crippen LogP contribution in [0.5, 0.6) is 11.5 Å². The molecule has 1 aliphatic heterocycles. The van der Waals surface area contributed by atoms with Crippen LogP contribution in [0.25, 0.3) is 0 Å². The van der Waals surface area contributed by atoms with Crippen molar-refractivity contribution in [2.75, 3.05) is 16.8 Å². The van der Waals surface area contributed by atoms with Gasteiger partial charge in [-0.3, -0.25) is 4.79 Å². The number of nitrogens with one attached hydrogen (secondary N) is 1. The predicted octanol–water partition coefficient (Wildman–Crippen LogP) is 4.71. The average Bonchev–Trinajstić information content (AvgIpc) is 3.10. The number of nitrogens with zero attached hydrogens (tertiary/aromatic N) is 2. The summed E-state index contributed by atoms with van der Waals surface area (Å²) in [6.45, 7) is 0.462. The molecule has 1 fully saturated rings. The molecule has 1 N–H and O–H groups in total. The predicted molar refractivity (Wildman–Crippen MR) is 108 cm³/mol. The molecule has 1 saturated heterocycles. The van der Waals surface area contributed by atoms with E-state index in [1.807, 2.05) is 12.1 Å². The molecule has 1 atom stereocenters. The SMILES string of the molecule is N#Cc1ccccc1Oc1ccc(NC2CCN(c3ccccc3F)C2=O)cc1. The van der Waals surface area contributed by atoms with Gasteiger partial charge in [0, 0.05) is 12.2 Å². The maximum absolute atomic E-state index is 14.0. The lowest BCUT2D eigenvalue weighted by Gasteiger charge is -2.18. The summed E-state index contributed by atoms with van der Waals surface area (Å²) in [5.74, 6) is 0.519. The summed E-state index contributed by atoms with van der Waals surface area (Å²) in [5.41, 5.74) is 1.53. The first-order valence-corrected chi connectivity index (χ1v) is 9.25. The summed E-state index contributed by atoms with van der Waals surface area (Å²) >= 11 is 0. The number of carbonyl (C=O) groups is 1. The molecule has 0 aromatic heterocycles. The molecule has 0 radical (unpaired) electrons. The number of nitriles is 1. The van der Waals surface area contributed by atoms with Crippen LogP contribution in [0, 0.1) is 17.1 Å². The highest BCUT2D eigenvalue weighted by Gasteiger charge is 2.33. The van der Waals surface area contributed by atoms with Crippen molar-refractivity contribution in [3.8, 4) is 17.6 Å². The Labute approximate surface area is 168 Å². The second-order valence-corrected chi connectivity index (χ2v) is 6.66. The Kier molecular flexibility index (Phi) is 5.12. The number of carbonyl (C=O) groups excluding carboxylic acids is 1. The molecular weight excluding hydrogens is 369 g/mol. The van der Waals surface area contributed by atoms with Crippen LogP contribution in [0.1, 0.15) is 12.0 Å². The Bertz CT molecular complexity index is 1080. The normalized spacial score (nSPS) is 15.8. The first kappa shape index (κ1) is 18.5. The highest BCUT2D eigenvalue weighted by atomic mass is 19.1. The number of hydrogen-bond donors (Lipinski definition) is 1. The van der Waals surface area contributed by atoms with Crippen LogP contribution >= 0.6 is 0 Å². The van der Waals surface area contributed by atoms with Crippen molar-refractivity contribution in [1.29, 1.82) is 5.26 Å². The van der Waals surface area contributed by atoms with Gasteiger partial charge >= 0.3 is 0 Å². The van der Waals surface area contributed by atoms with Crippen LogP contribution in [-0.4, -0.2) is 18.5 Å². The van der Waals surface area contributed by atoms with Crippen molar-refractivity contribution in [3.05, 3.63) is 84.2 Å². The van der Waals surface area contributed by atoms with Gasteiger partial charge in [-0.05, 0) is 55.0 Å². The lowest BCUT2D eigenvalue weighted by molar-refractivity contribution is -0.117. The number of ether oxygens (including phenoxy) is 1. The number of hydrogen-bond acceptors (Lipinski definition) is 4. The molecule has 1 unspecified atom stereocenters. The molecule has 1 aliphatic rings. The molecule has 1 heterocycles. The molecule has 144 valence electrons. The van der Waals surface area contributed by atoms with E-state index in [-0.39, 0.29) is 5.91 Å². The van der Waals surface area contributed by atoms with Crippen molar-refractivity contribution in [2.24, 2.45) is 0 Å². The van der Waals surface area contributed by atoms with Crippen LogP contribution in [-0.2, 0) is 4.79 Å². The van der Waals surface area contributed by atoms with E-state index < -0.39 is 11.9 Å². The Hall–Kier alpha value is -3.85. The summed E-state index contributed by atoms with van der Waals surface area (Å²) < 4.78 is 19.8. The number of amides is 1. The second-order valence-electron chi connectivity index (χ2n) is 6.66. The van der Waals surface area contributed by atoms with E-state index in [1.54, 1.807) is 54.6 Å². The van der Waals surface area contributed by atoms with E-state index in [0.717, 1.165) is 5.69 Å². The number of anilines is 2. The third-order valence-electron chi connectivity index (χ3n) is 4.78. The van der Waals surface area contributed by atoms with Crippen molar-refractivity contribution in [1.82, 2.24) is 0 Å². The number of benzene rings is 3. The average molecular weight is 387 g/mol. The maximum Gasteiger partial charge on any atom is 0.249 e. The summed E-state index contributed by atoms with van der Waals surface area (Å²) in [6, 6.07) is 22.1. The van der Waals surface area contributed by atoms with Crippen LogP contribution in [0.2, 0.25) is 0 Å². The van der Waals surface area contributed by atoms with Crippen LogP contribution in [0.15, 0.2) is 72.8 Å². The third-order valence-corrected chi connectivity index (χ3v) is 4.78. The zero-order valence-corrected chi connectivity index (χ0v) is 15.5. The fourth-order valence-electron chi connectivity index (χ4n) is 3.32. The molecule has 0 bridgehead atoms. The van der Waals surface area contributed by atoms with Gasteiger partial charge in [-0.25, -0.2) is 4.39 Å².